The highest BCUT2D eigenvalue weighted by molar-refractivity contribution is 9.10. The van der Waals surface area contributed by atoms with Gasteiger partial charge in [-0.3, -0.25) is 4.79 Å². The molecule has 0 bridgehead atoms. The molecule has 0 unspecified atom stereocenters. The molecule has 0 saturated heterocycles. The molecule has 0 heterocycles. The van der Waals surface area contributed by atoms with Gasteiger partial charge in [-0.1, -0.05) is 27.5 Å². The molecule has 0 aliphatic carbocycles. The molecule has 0 radical (unpaired) electrons. The molecular formula is C15H11BrClNO4. The molecule has 2 aromatic rings. The summed E-state index contributed by atoms with van der Waals surface area (Å²) >= 11 is 9.04. The number of hydrogen-bond acceptors (Lipinski definition) is 3. The van der Waals surface area contributed by atoms with Gasteiger partial charge in [0.1, 0.15) is 11.3 Å². The summed E-state index contributed by atoms with van der Waals surface area (Å²) in [5, 5.41) is 12.0. The number of halogens is 2. The molecule has 2 N–H and O–H groups in total. The Kier molecular flexibility index (Phi) is 5.41. The van der Waals surface area contributed by atoms with Crippen LogP contribution in [-0.4, -0.2) is 23.6 Å². The topological polar surface area (TPSA) is 75.6 Å². The zero-order chi connectivity index (χ0) is 16.1. The standard InChI is InChI=1S/C15H11BrClNO4/c16-9-1-4-11(5-2-9)18-14(19)8-22-13-6-3-10(17)7-12(13)15(20)21/h1-7H,8H2,(H,18,19)(H,20,21). The molecule has 0 aromatic heterocycles. The monoisotopic (exact) mass is 383 g/mol. The van der Waals surface area contributed by atoms with E-state index in [2.05, 4.69) is 21.2 Å². The van der Waals surface area contributed by atoms with Crippen LogP contribution in [0.1, 0.15) is 10.4 Å². The summed E-state index contributed by atoms with van der Waals surface area (Å²) in [6, 6.07) is 11.2. The maximum Gasteiger partial charge on any atom is 0.339 e. The molecule has 1 amide bonds. The molecule has 7 heteroatoms. The van der Waals surface area contributed by atoms with E-state index in [0.29, 0.717) is 5.69 Å². The van der Waals surface area contributed by atoms with Crippen LogP contribution in [-0.2, 0) is 4.79 Å². The van der Waals surface area contributed by atoms with E-state index in [0.717, 1.165) is 4.47 Å². The van der Waals surface area contributed by atoms with Gasteiger partial charge in [-0.05, 0) is 42.5 Å². The minimum absolute atomic E-state index is 0.0860. The molecule has 2 rings (SSSR count). The lowest BCUT2D eigenvalue weighted by molar-refractivity contribution is -0.118. The average molecular weight is 385 g/mol. The summed E-state index contributed by atoms with van der Waals surface area (Å²) in [5.74, 6) is -1.48. The predicted molar refractivity (Wildman–Crippen MR) is 86.7 cm³/mol. The minimum atomic E-state index is -1.18. The van der Waals surface area contributed by atoms with Crippen LogP contribution < -0.4 is 10.1 Å². The van der Waals surface area contributed by atoms with Crippen LogP contribution in [0.25, 0.3) is 0 Å². The fraction of sp³-hybridized carbons (Fsp3) is 0.0667. The second-order valence-corrected chi connectivity index (χ2v) is 5.64. The van der Waals surface area contributed by atoms with Crippen LogP contribution in [0.3, 0.4) is 0 Å². The summed E-state index contributed by atoms with van der Waals surface area (Å²) in [7, 11) is 0. The maximum absolute atomic E-state index is 11.8. The lowest BCUT2D eigenvalue weighted by Crippen LogP contribution is -2.20. The summed E-state index contributed by atoms with van der Waals surface area (Å²) in [5.41, 5.74) is 0.523. The quantitative estimate of drug-likeness (QED) is 0.822. The van der Waals surface area contributed by atoms with Gasteiger partial charge in [-0.15, -0.1) is 0 Å². The fourth-order valence-electron chi connectivity index (χ4n) is 1.67. The predicted octanol–water partition coefficient (Wildman–Crippen LogP) is 3.82. The second kappa shape index (κ2) is 7.29. The van der Waals surface area contributed by atoms with Crippen LogP contribution in [0.15, 0.2) is 46.9 Å². The van der Waals surface area contributed by atoms with Gasteiger partial charge in [0, 0.05) is 15.2 Å². The van der Waals surface area contributed by atoms with Crippen molar-refractivity contribution in [3.05, 3.63) is 57.5 Å². The highest BCUT2D eigenvalue weighted by atomic mass is 79.9. The van der Waals surface area contributed by atoms with Crippen molar-refractivity contribution in [1.82, 2.24) is 0 Å². The van der Waals surface area contributed by atoms with Gasteiger partial charge in [-0.25, -0.2) is 4.79 Å². The Bertz CT molecular complexity index is 703. The van der Waals surface area contributed by atoms with E-state index in [9.17, 15) is 9.59 Å². The van der Waals surface area contributed by atoms with Crippen molar-refractivity contribution in [2.45, 2.75) is 0 Å². The third-order valence-corrected chi connectivity index (χ3v) is 3.42. The van der Waals surface area contributed by atoms with E-state index in [4.69, 9.17) is 21.4 Å². The Balaban J connectivity index is 1.99. The number of aromatic carboxylic acids is 1. The van der Waals surface area contributed by atoms with Gasteiger partial charge < -0.3 is 15.2 Å². The van der Waals surface area contributed by atoms with Gasteiger partial charge in [0.2, 0.25) is 0 Å². The lowest BCUT2D eigenvalue weighted by Gasteiger charge is -2.10. The van der Waals surface area contributed by atoms with Crippen molar-refractivity contribution in [3.63, 3.8) is 0 Å². The highest BCUT2D eigenvalue weighted by Gasteiger charge is 2.13. The number of anilines is 1. The summed E-state index contributed by atoms with van der Waals surface area (Å²) in [6.07, 6.45) is 0. The van der Waals surface area contributed by atoms with Crippen LogP contribution >= 0.6 is 27.5 Å². The first-order valence-corrected chi connectivity index (χ1v) is 7.34. The number of carbonyl (C=O) groups excluding carboxylic acids is 1. The number of hydrogen-bond donors (Lipinski definition) is 2. The fourth-order valence-corrected chi connectivity index (χ4v) is 2.11. The van der Waals surface area contributed by atoms with Gasteiger partial charge in [0.05, 0.1) is 0 Å². The molecule has 0 aliphatic heterocycles. The molecule has 0 saturated carbocycles. The van der Waals surface area contributed by atoms with E-state index >= 15 is 0 Å². The van der Waals surface area contributed by atoms with E-state index in [1.54, 1.807) is 24.3 Å². The number of carboxylic acids is 1. The first-order valence-electron chi connectivity index (χ1n) is 6.17. The minimum Gasteiger partial charge on any atom is -0.483 e. The number of carboxylic acid groups (broad SMARTS) is 1. The van der Waals surface area contributed by atoms with Crippen molar-refractivity contribution in [2.75, 3.05) is 11.9 Å². The van der Waals surface area contributed by atoms with Crippen LogP contribution in [0, 0.1) is 0 Å². The van der Waals surface area contributed by atoms with E-state index in [1.807, 2.05) is 0 Å². The van der Waals surface area contributed by atoms with Gasteiger partial charge >= 0.3 is 5.97 Å². The zero-order valence-electron chi connectivity index (χ0n) is 11.2. The van der Waals surface area contributed by atoms with E-state index in [-0.39, 0.29) is 22.9 Å². The molecule has 5 nitrogen and oxygen atoms in total. The molecular weight excluding hydrogens is 374 g/mol. The summed E-state index contributed by atoms with van der Waals surface area (Å²) in [6.45, 7) is -0.308. The molecule has 22 heavy (non-hydrogen) atoms. The summed E-state index contributed by atoms with van der Waals surface area (Å²) < 4.78 is 6.15. The Morgan fingerprint density at radius 1 is 1.18 bits per heavy atom. The largest absolute Gasteiger partial charge is 0.483 e. The Morgan fingerprint density at radius 3 is 2.50 bits per heavy atom. The van der Waals surface area contributed by atoms with Crippen molar-refractivity contribution >= 4 is 45.1 Å². The van der Waals surface area contributed by atoms with Crippen molar-refractivity contribution < 1.29 is 19.4 Å². The molecule has 0 atom stereocenters. The smallest absolute Gasteiger partial charge is 0.339 e. The number of ether oxygens (including phenoxy) is 1. The van der Waals surface area contributed by atoms with Crippen LogP contribution in [0.4, 0.5) is 5.69 Å². The normalized spacial score (nSPS) is 10.1. The first-order chi connectivity index (χ1) is 10.5. The SMILES string of the molecule is O=C(COc1ccc(Cl)cc1C(=O)O)Nc1ccc(Br)cc1. The number of carbonyl (C=O) groups is 2. The Labute approximate surface area is 140 Å². The van der Waals surface area contributed by atoms with Gasteiger partial charge in [0.15, 0.2) is 6.61 Å². The number of benzene rings is 2. The zero-order valence-corrected chi connectivity index (χ0v) is 13.5. The highest BCUT2D eigenvalue weighted by Crippen LogP contribution is 2.23. The molecule has 0 spiro atoms. The molecule has 0 aliphatic rings. The summed E-state index contributed by atoms with van der Waals surface area (Å²) in [4.78, 5) is 22.9. The van der Waals surface area contributed by atoms with Crippen molar-refractivity contribution in [1.29, 1.82) is 0 Å². The van der Waals surface area contributed by atoms with Crippen LogP contribution in [0.5, 0.6) is 5.75 Å². The number of amides is 1. The molecule has 2 aromatic carbocycles. The average Bonchev–Trinajstić information content (AvgIpc) is 2.48. The molecule has 0 fully saturated rings. The second-order valence-electron chi connectivity index (χ2n) is 4.29. The van der Waals surface area contributed by atoms with E-state index in [1.165, 1.54) is 18.2 Å². The number of rotatable bonds is 5. The third kappa shape index (κ3) is 4.47. The third-order valence-electron chi connectivity index (χ3n) is 2.66. The Hall–Kier alpha value is -2.05. The van der Waals surface area contributed by atoms with Crippen molar-refractivity contribution in [2.24, 2.45) is 0 Å². The maximum atomic E-state index is 11.8. The van der Waals surface area contributed by atoms with Gasteiger partial charge in [0.25, 0.3) is 5.91 Å². The van der Waals surface area contributed by atoms with Crippen molar-refractivity contribution in [3.8, 4) is 5.75 Å². The van der Waals surface area contributed by atoms with E-state index < -0.39 is 11.9 Å². The van der Waals surface area contributed by atoms with Gasteiger partial charge in [-0.2, -0.15) is 0 Å². The number of nitrogens with one attached hydrogen (secondary N) is 1. The Morgan fingerprint density at radius 2 is 1.86 bits per heavy atom. The lowest BCUT2D eigenvalue weighted by atomic mass is 10.2. The van der Waals surface area contributed by atoms with Crippen LogP contribution in [0.2, 0.25) is 5.02 Å². The molecule has 114 valence electrons. The first kappa shape index (κ1) is 16.3.